The summed E-state index contributed by atoms with van der Waals surface area (Å²) in [5.41, 5.74) is 1.23. The molecule has 4 nitrogen and oxygen atoms in total. The first kappa shape index (κ1) is 15.7. The smallest absolute Gasteiger partial charge is 0.154 e. The monoisotopic (exact) mass is 394 g/mol. The summed E-state index contributed by atoms with van der Waals surface area (Å²) in [4.78, 5) is 8.00. The van der Waals surface area contributed by atoms with Gasteiger partial charge in [0.25, 0.3) is 0 Å². The quantitative estimate of drug-likeness (QED) is 0.742. The second kappa shape index (κ2) is 5.97. The van der Waals surface area contributed by atoms with Gasteiger partial charge in [-0.15, -0.1) is 0 Å². The molecule has 106 valence electrons. The normalized spacial score (nSPS) is 11.6. The van der Waals surface area contributed by atoms with E-state index in [-0.39, 0.29) is 21.9 Å². The number of hydrogen-bond acceptors (Lipinski definition) is 4. The summed E-state index contributed by atoms with van der Waals surface area (Å²) in [5.74, 6) is -0.216. The van der Waals surface area contributed by atoms with Gasteiger partial charge in [0.2, 0.25) is 0 Å². The standard InChI is InChI=1S/C12H9BrCl2N2O2S/c1-20(18,19)6-9-16-11(14)10(12(15)17-9)7-3-2-4-8(13)5-7/h2-5H,6H2,1H3. The third kappa shape index (κ3) is 3.91. The predicted molar refractivity (Wildman–Crippen MR) is 83.7 cm³/mol. The fraction of sp³-hybridized carbons (Fsp3) is 0.167. The maximum atomic E-state index is 11.3. The van der Waals surface area contributed by atoms with Gasteiger partial charge < -0.3 is 0 Å². The SMILES string of the molecule is CS(=O)(=O)Cc1nc(Cl)c(-c2cccc(Br)c2)c(Cl)n1. The van der Waals surface area contributed by atoms with E-state index in [1.807, 2.05) is 24.3 Å². The molecule has 0 amide bonds. The molecule has 0 aliphatic carbocycles. The van der Waals surface area contributed by atoms with Crippen LogP contribution >= 0.6 is 39.1 Å². The molecule has 2 aromatic rings. The van der Waals surface area contributed by atoms with Crippen LogP contribution in [0, 0.1) is 0 Å². The van der Waals surface area contributed by atoms with Crippen LogP contribution in [-0.4, -0.2) is 24.6 Å². The van der Waals surface area contributed by atoms with E-state index in [9.17, 15) is 8.42 Å². The number of hydrogen-bond donors (Lipinski definition) is 0. The van der Waals surface area contributed by atoms with Crippen LogP contribution in [0.1, 0.15) is 5.82 Å². The molecular weight excluding hydrogens is 387 g/mol. The van der Waals surface area contributed by atoms with Crippen LogP contribution in [0.15, 0.2) is 28.7 Å². The van der Waals surface area contributed by atoms with Gasteiger partial charge >= 0.3 is 0 Å². The van der Waals surface area contributed by atoms with Crippen molar-refractivity contribution in [1.82, 2.24) is 9.97 Å². The first-order valence-electron chi connectivity index (χ1n) is 5.42. The van der Waals surface area contributed by atoms with E-state index in [4.69, 9.17) is 23.2 Å². The molecule has 20 heavy (non-hydrogen) atoms. The van der Waals surface area contributed by atoms with E-state index in [0.717, 1.165) is 16.3 Å². The average molecular weight is 396 g/mol. The fourth-order valence-corrected chi connectivity index (χ4v) is 3.27. The number of aromatic nitrogens is 2. The highest BCUT2D eigenvalue weighted by atomic mass is 79.9. The molecule has 0 N–H and O–H groups in total. The topological polar surface area (TPSA) is 59.9 Å². The highest BCUT2D eigenvalue weighted by Crippen LogP contribution is 2.33. The third-order valence-corrected chi connectivity index (χ3v) is 4.19. The predicted octanol–water partition coefficient (Wildman–Crippen LogP) is 3.76. The molecule has 1 aromatic heterocycles. The van der Waals surface area contributed by atoms with Crippen molar-refractivity contribution in [2.75, 3.05) is 6.26 Å². The molecule has 8 heteroatoms. The van der Waals surface area contributed by atoms with E-state index in [1.165, 1.54) is 0 Å². The summed E-state index contributed by atoms with van der Waals surface area (Å²) >= 11 is 15.6. The van der Waals surface area contributed by atoms with E-state index in [2.05, 4.69) is 25.9 Å². The van der Waals surface area contributed by atoms with Crippen LogP contribution < -0.4 is 0 Å². The largest absolute Gasteiger partial charge is 0.229 e. The Morgan fingerprint density at radius 2 is 1.80 bits per heavy atom. The Morgan fingerprint density at radius 1 is 1.20 bits per heavy atom. The van der Waals surface area contributed by atoms with Crippen LogP contribution in [0.2, 0.25) is 10.3 Å². The van der Waals surface area contributed by atoms with Crippen molar-refractivity contribution < 1.29 is 8.42 Å². The molecule has 0 unspecified atom stereocenters. The Labute approximate surface area is 135 Å². The van der Waals surface area contributed by atoms with Gasteiger partial charge in [-0.25, -0.2) is 18.4 Å². The molecular formula is C12H9BrCl2N2O2S. The molecule has 0 radical (unpaired) electrons. The van der Waals surface area contributed by atoms with Crippen LogP contribution in [0.5, 0.6) is 0 Å². The van der Waals surface area contributed by atoms with Gasteiger partial charge in [0.15, 0.2) is 9.84 Å². The molecule has 0 fully saturated rings. The molecule has 1 heterocycles. The minimum absolute atomic E-state index is 0.0845. The van der Waals surface area contributed by atoms with Crippen LogP contribution in [0.4, 0.5) is 0 Å². The first-order chi connectivity index (χ1) is 9.26. The minimum atomic E-state index is -3.24. The van der Waals surface area contributed by atoms with Gasteiger partial charge in [-0.3, -0.25) is 0 Å². The van der Waals surface area contributed by atoms with Gasteiger partial charge in [-0.2, -0.15) is 0 Å². The Balaban J connectivity index is 2.52. The summed E-state index contributed by atoms with van der Waals surface area (Å²) in [6.45, 7) is 0. The van der Waals surface area contributed by atoms with Crippen molar-refractivity contribution >= 4 is 49.0 Å². The zero-order chi connectivity index (χ0) is 14.9. The highest BCUT2D eigenvalue weighted by molar-refractivity contribution is 9.10. The lowest BCUT2D eigenvalue weighted by Crippen LogP contribution is -2.06. The van der Waals surface area contributed by atoms with Gasteiger partial charge in [0.1, 0.15) is 21.9 Å². The molecule has 0 atom stereocenters. The van der Waals surface area contributed by atoms with Crippen LogP contribution in [0.3, 0.4) is 0 Å². The molecule has 0 bridgehead atoms. The number of sulfone groups is 1. The first-order valence-corrected chi connectivity index (χ1v) is 9.03. The van der Waals surface area contributed by atoms with Gasteiger partial charge in [-0.05, 0) is 17.7 Å². The van der Waals surface area contributed by atoms with E-state index < -0.39 is 9.84 Å². The molecule has 2 rings (SSSR count). The number of nitrogens with zero attached hydrogens (tertiary/aromatic N) is 2. The maximum absolute atomic E-state index is 11.3. The van der Waals surface area contributed by atoms with Crippen molar-refractivity contribution in [2.45, 2.75) is 5.75 Å². The van der Waals surface area contributed by atoms with Crippen LogP contribution in [0.25, 0.3) is 11.1 Å². The number of halogens is 3. The lowest BCUT2D eigenvalue weighted by atomic mass is 10.1. The van der Waals surface area contributed by atoms with E-state index >= 15 is 0 Å². The second-order valence-electron chi connectivity index (χ2n) is 4.18. The third-order valence-electron chi connectivity index (χ3n) is 2.37. The van der Waals surface area contributed by atoms with Crippen molar-refractivity contribution in [2.24, 2.45) is 0 Å². The van der Waals surface area contributed by atoms with Crippen molar-refractivity contribution in [1.29, 1.82) is 0 Å². The maximum Gasteiger partial charge on any atom is 0.154 e. The zero-order valence-electron chi connectivity index (χ0n) is 10.3. The van der Waals surface area contributed by atoms with Gasteiger partial charge in [0.05, 0.1) is 5.56 Å². The molecule has 1 aromatic carbocycles. The van der Waals surface area contributed by atoms with Crippen molar-refractivity contribution in [3.63, 3.8) is 0 Å². The Morgan fingerprint density at radius 3 is 2.30 bits per heavy atom. The van der Waals surface area contributed by atoms with Crippen molar-refractivity contribution in [3.8, 4) is 11.1 Å². The summed E-state index contributed by atoms with van der Waals surface area (Å²) < 4.78 is 23.4. The highest BCUT2D eigenvalue weighted by Gasteiger charge is 2.16. The lowest BCUT2D eigenvalue weighted by molar-refractivity contribution is 0.599. The molecule has 0 aliphatic heterocycles. The summed E-state index contributed by atoms with van der Waals surface area (Å²) in [5, 5.41) is 0.253. The average Bonchev–Trinajstić information content (AvgIpc) is 2.25. The van der Waals surface area contributed by atoms with E-state index in [1.54, 1.807) is 0 Å². The fourth-order valence-electron chi connectivity index (χ4n) is 1.63. The molecule has 0 aliphatic rings. The summed E-state index contributed by atoms with van der Waals surface area (Å²) in [6.07, 6.45) is 1.10. The molecule has 0 spiro atoms. The lowest BCUT2D eigenvalue weighted by Gasteiger charge is -2.08. The zero-order valence-corrected chi connectivity index (χ0v) is 14.2. The number of benzene rings is 1. The summed E-state index contributed by atoms with van der Waals surface area (Å²) in [7, 11) is -3.24. The van der Waals surface area contributed by atoms with Crippen molar-refractivity contribution in [3.05, 3.63) is 44.9 Å². The summed E-state index contributed by atoms with van der Waals surface area (Å²) in [6, 6.07) is 7.34. The molecule has 0 saturated carbocycles. The Bertz CT molecular complexity index is 743. The van der Waals surface area contributed by atoms with Gasteiger partial charge in [0, 0.05) is 10.7 Å². The Kier molecular flexibility index (Phi) is 4.69. The second-order valence-corrected chi connectivity index (χ2v) is 7.95. The molecule has 0 saturated heterocycles. The van der Waals surface area contributed by atoms with E-state index in [0.29, 0.717) is 5.56 Å². The minimum Gasteiger partial charge on any atom is -0.229 e. The number of rotatable bonds is 3. The van der Waals surface area contributed by atoms with Crippen LogP contribution in [-0.2, 0) is 15.6 Å². The Hall–Kier alpha value is -0.690. The van der Waals surface area contributed by atoms with Gasteiger partial charge in [-0.1, -0.05) is 51.3 Å².